The van der Waals surface area contributed by atoms with E-state index in [0.29, 0.717) is 10.9 Å². The van der Waals surface area contributed by atoms with Gasteiger partial charge >= 0.3 is 0 Å². The number of fused-ring (bicyclic) bond motifs is 1. The second kappa shape index (κ2) is 6.36. The summed E-state index contributed by atoms with van der Waals surface area (Å²) in [5, 5.41) is 11.1. The molecule has 1 unspecified atom stereocenters. The largest absolute Gasteiger partial charge is 0.370 e. The number of hydrogen-bond acceptors (Lipinski definition) is 4. The lowest BCUT2D eigenvalue weighted by molar-refractivity contribution is 0.736. The van der Waals surface area contributed by atoms with Gasteiger partial charge in [-0.05, 0) is 31.2 Å². The van der Waals surface area contributed by atoms with Gasteiger partial charge in [-0.3, -0.25) is 0 Å². The highest BCUT2D eigenvalue weighted by atomic mass is 32.2. The van der Waals surface area contributed by atoms with Crippen molar-refractivity contribution in [3.05, 3.63) is 36.0 Å². The molecule has 1 atom stereocenters. The van der Waals surface area contributed by atoms with Gasteiger partial charge in [-0.2, -0.15) is 17.0 Å². The Hall–Kier alpha value is -1.73. The van der Waals surface area contributed by atoms with E-state index in [1.54, 1.807) is 0 Å². The number of hydrogen-bond donors (Lipinski definition) is 0. The molecule has 0 amide bonds. The Bertz CT molecular complexity index is 677. The van der Waals surface area contributed by atoms with Crippen molar-refractivity contribution in [3.63, 3.8) is 0 Å². The molecule has 21 heavy (non-hydrogen) atoms. The molecular formula is C17H19N3S. The first-order chi connectivity index (χ1) is 10.3. The lowest BCUT2D eigenvalue weighted by atomic mass is 10.1. The van der Waals surface area contributed by atoms with Gasteiger partial charge in [0.2, 0.25) is 0 Å². The predicted octanol–water partition coefficient (Wildman–Crippen LogP) is 3.83. The average molecular weight is 297 g/mol. The first-order valence-corrected chi connectivity index (χ1v) is 8.68. The number of anilines is 1. The van der Waals surface area contributed by atoms with Crippen LogP contribution in [0.2, 0.25) is 0 Å². The number of para-hydroxylation sites is 1. The molecule has 1 aromatic carbocycles. The fraction of sp³-hybridized carbons (Fsp3) is 0.412. The lowest BCUT2D eigenvalue weighted by Crippen LogP contribution is -2.29. The maximum atomic E-state index is 9.24. The van der Waals surface area contributed by atoms with Crippen molar-refractivity contribution in [2.24, 2.45) is 0 Å². The van der Waals surface area contributed by atoms with Crippen LogP contribution in [0, 0.1) is 11.3 Å². The predicted molar refractivity (Wildman–Crippen MR) is 89.8 cm³/mol. The number of nitrogens with zero attached hydrogens (tertiary/aromatic N) is 3. The normalized spacial score (nSPS) is 19.2. The lowest BCUT2D eigenvalue weighted by Gasteiger charge is -2.27. The average Bonchev–Trinajstić information content (AvgIpc) is 2.79. The highest BCUT2D eigenvalue weighted by Crippen LogP contribution is 2.30. The van der Waals surface area contributed by atoms with Gasteiger partial charge in [-0.15, -0.1) is 0 Å². The Morgan fingerprint density at radius 3 is 3.00 bits per heavy atom. The van der Waals surface area contributed by atoms with Crippen LogP contribution in [0.3, 0.4) is 0 Å². The molecule has 0 radical (unpaired) electrons. The fourth-order valence-electron chi connectivity index (χ4n) is 2.99. The molecule has 108 valence electrons. The molecule has 2 aromatic rings. The second-order valence-corrected chi connectivity index (χ2v) is 6.59. The molecule has 0 saturated carbocycles. The molecule has 1 fully saturated rings. The Morgan fingerprint density at radius 2 is 2.19 bits per heavy atom. The molecule has 3 nitrogen and oxygen atoms in total. The van der Waals surface area contributed by atoms with Gasteiger partial charge in [0, 0.05) is 29.4 Å². The fourth-order valence-corrected chi connectivity index (χ4v) is 3.72. The highest BCUT2D eigenvalue weighted by Gasteiger charge is 2.20. The van der Waals surface area contributed by atoms with E-state index in [2.05, 4.69) is 28.3 Å². The minimum absolute atomic E-state index is 0.508. The molecule has 0 bridgehead atoms. The van der Waals surface area contributed by atoms with Gasteiger partial charge in [0.15, 0.2) is 0 Å². The summed E-state index contributed by atoms with van der Waals surface area (Å²) < 4.78 is 0. The molecule has 3 rings (SSSR count). The molecule has 1 aliphatic rings. The molecule has 2 heterocycles. The minimum atomic E-state index is 0.508. The topological polar surface area (TPSA) is 39.9 Å². The van der Waals surface area contributed by atoms with Crippen LogP contribution in [0.5, 0.6) is 0 Å². The number of pyridine rings is 1. The van der Waals surface area contributed by atoms with Crippen molar-refractivity contribution in [2.75, 3.05) is 24.2 Å². The summed E-state index contributed by atoms with van der Waals surface area (Å²) >= 11 is 1.95. The monoisotopic (exact) mass is 297 g/mol. The van der Waals surface area contributed by atoms with Crippen molar-refractivity contribution in [1.29, 1.82) is 5.26 Å². The summed E-state index contributed by atoms with van der Waals surface area (Å²) in [5.41, 5.74) is 2.59. The van der Waals surface area contributed by atoms with Crippen molar-refractivity contribution < 1.29 is 0 Å². The van der Waals surface area contributed by atoms with Crippen LogP contribution < -0.4 is 4.90 Å². The molecule has 4 heteroatoms. The summed E-state index contributed by atoms with van der Waals surface area (Å²) in [4.78, 5) is 6.86. The quantitative estimate of drug-likeness (QED) is 0.844. The Labute approximate surface area is 130 Å². The van der Waals surface area contributed by atoms with Gasteiger partial charge in [-0.1, -0.05) is 24.6 Å². The van der Waals surface area contributed by atoms with Crippen LogP contribution in [-0.2, 0) is 0 Å². The van der Waals surface area contributed by atoms with E-state index < -0.39 is 0 Å². The smallest absolute Gasteiger partial charge is 0.143 e. The molecule has 1 saturated heterocycles. The number of nitriles is 1. The van der Waals surface area contributed by atoms with Gasteiger partial charge in [0.1, 0.15) is 11.8 Å². The Kier molecular flexibility index (Phi) is 4.31. The van der Waals surface area contributed by atoms with Crippen molar-refractivity contribution in [2.45, 2.75) is 24.5 Å². The first-order valence-electron chi connectivity index (χ1n) is 7.39. The third-order valence-corrected chi connectivity index (χ3v) is 5.16. The Balaban J connectivity index is 2.07. The number of benzene rings is 1. The van der Waals surface area contributed by atoms with E-state index in [4.69, 9.17) is 0 Å². The van der Waals surface area contributed by atoms with Crippen LogP contribution >= 0.6 is 11.8 Å². The molecule has 1 aliphatic heterocycles. The van der Waals surface area contributed by atoms with Crippen molar-refractivity contribution in [3.8, 4) is 6.07 Å². The summed E-state index contributed by atoms with van der Waals surface area (Å²) in [5.74, 6) is 0. The molecular weight excluding hydrogens is 278 g/mol. The third-order valence-electron chi connectivity index (χ3n) is 4.11. The zero-order chi connectivity index (χ0) is 14.7. The van der Waals surface area contributed by atoms with E-state index in [1.165, 1.54) is 19.3 Å². The summed E-state index contributed by atoms with van der Waals surface area (Å²) in [6.45, 7) is 2.12. The maximum absolute atomic E-state index is 9.24. The summed E-state index contributed by atoms with van der Waals surface area (Å²) in [6.07, 6.45) is 5.98. The zero-order valence-electron chi connectivity index (χ0n) is 12.2. The van der Waals surface area contributed by atoms with E-state index >= 15 is 0 Å². The molecule has 0 spiro atoms. The Morgan fingerprint density at radius 1 is 1.33 bits per heavy atom. The van der Waals surface area contributed by atoms with Gasteiger partial charge in [0.05, 0.1) is 5.52 Å². The highest BCUT2D eigenvalue weighted by molar-refractivity contribution is 7.99. The number of thioether (sulfide) groups is 1. The van der Waals surface area contributed by atoms with E-state index in [1.807, 2.05) is 36.0 Å². The van der Waals surface area contributed by atoms with Crippen LogP contribution in [0.15, 0.2) is 30.3 Å². The summed E-state index contributed by atoms with van der Waals surface area (Å²) in [7, 11) is 0. The second-order valence-electron chi connectivity index (χ2n) is 5.46. The molecule has 0 N–H and O–H groups in total. The standard InChI is InChI=1S/C17H19N3S/c1-21-14-6-4-5-9-20(12-14)17-10-13(11-18)19-16-8-3-2-7-15(16)17/h2-3,7-8,10,14H,4-6,9,12H2,1H3. The van der Waals surface area contributed by atoms with Crippen LogP contribution in [-0.4, -0.2) is 29.6 Å². The minimum Gasteiger partial charge on any atom is -0.370 e. The maximum Gasteiger partial charge on any atom is 0.143 e. The number of rotatable bonds is 2. The van der Waals surface area contributed by atoms with Gasteiger partial charge in [-0.25, -0.2) is 4.98 Å². The van der Waals surface area contributed by atoms with E-state index in [9.17, 15) is 5.26 Å². The molecule has 0 aliphatic carbocycles. The molecule has 1 aromatic heterocycles. The van der Waals surface area contributed by atoms with Crippen LogP contribution in [0.1, 0.15) is 25.0 Å². The van der Waals surface area contributed by atoms with Crippen LogP contribution in [0.4, 0.5) is 5.69 Å². The van der Waals surface area contributed by atoms with Crippen LogP contribution in [0.25, 0.3) is 10.9 Å². The van der Waals surface area contributed by atoms with Crippen molar-refractivity contribution in [1.82, 2.24) is 4.98 Å². The summed E-state index contributed by atoms with van der Waals surface area (Å²) in [6, 6.07) is 12.3. The third kappa shape index (κ3) is 2.98. The van der Waals surface area contributed by atoms with Gasteiger partial charge < -0.3 is 4.90 Å². The number of aromatic nitrogens is 1. The first kappa shape index (κ1) is 14.2. The van der Waals surface area contributed by atoms with E-state index in [0.717, 1.165) is 29.7 Å². The van der Waals surface area contributed by atoms with E-state index in [-0.39, 0.29) is 0 Å². The zero-order valence-corrected chi connectivity index (χ0v) is 13.1. The van der Waals surface area contributed by atoms with Gasteiger partial charge in [0.25, 0.3) is 0 Å². The van der Waals surface area contributed by atoms with Crippen molar-refractivity contribution >= 4 is 28.4 Å². The SMILES string of the molecule is CSC1CCCCN(c2cc(C#N)nc3ccccc23)C1.